The number of hydrogen-bond donors (Lipinski definition) is 2. The molecule has 0 spiro atoms. The number of rotatable bonds is 5. The molecule has 1 aliphatic rings. The number of benzene rings is 1. The van der Waals surface area contributed by atoms with E-state index in [0.717, 1.165) is 25.9 Å². The third-order valence-corrected chi connectivity index (χ3v) is 3.47. The van der Waals surface area contributed by atoms with Crippen molar-refractivity contribution >= 4 is 0 Å². The van der Waals surface area contributed by atoms with E-state index in [1.807, 2.05) is 0 Å². The molecule has 7 heteroatoms. The number of ether oxygens (including phenoxy) is 2. The van der Waals surface area contributed by atoms with Gasteiger partial charge in [-0.1, -0.05) is 12.1 Å². The van der Waals surface area contributed by atoms with E-state index >= 15 is 0 Å². The summed E-state index contributed by atoms with van der Waals surface area (Å²) >= 11 is 0. The molecule has 1 aromatic carbocycles. The van der Waals surface area contributed by atoms with Gasteiger partial charge in [-0.3, -0.25) is 11.3 Å². The zero-order chi connectivity index (χ0) is 15.3. The minimum Gasteiger partial charge on any atom is -0.406 e. The first-order chi connectivity index (χ1) is 9.98. The van der Waals surface area contributed by atoms with Crippen molar-refractivity contribution in [2.24, 2.45) is 5.84 Å². The first kappa shape index (κ1) is 16.1. The molecule has 3 N–H and O–H groups in total. The molecule has 1 aromatic rings. The van der Waals surface area contributed by atoms with Crippen LogP contribution in [0.5, 0.6) is 5.75 Å². The molecule has 0 saturated carbocycles. The lowest BCUT2D eigenvalue weighted by molar-refractivity contribution is -0.274. The highest BCUT2D eigenvalue weighted by atomic mass is 19.4. The van der Waals surface area contributed by atoms with Gasteiger partial charge in [-0.25, -0.2) is 0 Å². The van der Waals surface area contributed by atoms with Crippen LogP contribution in [0.25, 0.3) is 0 Å². The predicted octanol–water partition coefficient (Wildman–Crippen LogP) is 3.05. The first-order valence-corrected chi connectivity index (χ1v) is 6.91. The van der Waals surface area contributed by atoms with Crippen molar-refractivity contribution < 1.29 is 22.6 Å². The Labute approximate surface area is 121 Å². The number of nitrogens with one attached hydrogen (secondary N) is 1. The summed E-state index contributed by atoms with van der Waals surface area (Å²) in [6.45, 7) is 0.721. The monoisotopic (exact) mass is 304 g/mol. The van der Waals surface area contributed by atoms with Gasteiger partial charge in [-0.15, -0.1) is 13.2 Å². The molecule has 0 amide bonds. The zero-order valence-electron chi connectivity index (χ0n) is 11.5. The minimum absolute atomic E-state index is 0.0759. The standard InChI is InChI=1S/C14H19F3N2O2/c15-14(16,17)21-12-6-3-4-10(8-12)13(19-18)9-11-5-1-2-7-20-11/h3-4,6,8,11,13,19H,1-2,5,7,9,18H2. The fourth-order valence-electron chi connectivity index (χ4n) is 2.48. The van der Waals surface area contributed by atoms with Gasteiger partial charge in [0, 0.05) is 12.6 Å². The molecule has 2 atom stereocenters. The molecular weight excluding hydrogens is 285 g/mol. The van der Waals surface area contributed by atoms with E-state index in [1.165, 1.54) is 18.2 Å². The lowest BCUT2D eigenvalue weighted by Crippen LogP contribution is -2.33. The Morgan fingerprint density at radius 2 is 2.19 bits per heavy atom. The number of alkyl halides is 3. The van der Waals surface area contributed by atoms with Crippen LogP contribution < -0.4 is 16.0 Å². The van der Waals surface area contributed by atoms with Gasteiger partial charge in [0.1, 0.15) is 5.75 Å². The summed E-state index contributed by atoms with van der Waals surface area (Å²) in [5.41, 5.74) is 3.29. The second-order valence-electron chi connectivity index (χ2n) is 5.06. The van der Waals surface area contributed by atoms with Gasteiger partial charge >= 0.3 is 6.36 Å². The summed E-state index contributed by atoms with van der Waals surface area (Å²) in [6, 6.07) is 5.58. The van der Waals surface area contributed by atoms with Crippen LogP contribution in [-0.4, -0.2) is 19.1 Å². The summed E-state index contributed by atoms with van der Waals surface area (Å²) < 4.78 is 46.3. The van der Waals surface area contributed by atoms with Crippen LogP contribution in [0.4, 0.5) is 13.2 Å². The number of nitrogens with two attached hydrogens (primary N) is 1. The first-order valence-electron chi connectivity index (χ1n) is 6.91. The topological polar surface area (TPSA) is 56.5 Å². The summed E-state index contributed by atoms with van der Waals surface area (Å²) in [5.74, 6) is 5.29. The molecule has 118 valence electrons. The van der Waals surface area contributed by atoms with Crippen molar-refractivity contribution in [2.45, 2.75) is 44.2 Å². The molecule has 0 bridgehead atoms. The second-order valence-corrected chi connectivity index (χ2v) is 5.06. The predicted molar refractivity (Wildman–Crippen MR) is 71.4 cm³/mol. The van der Waals surface area contributed by atoms with Crippen LogP contribution in [0, 0.1) is 0 Å². The van der Waals surface area contributed by atoms with Gasteiger partial charge in [0.15, 0.2) is 0 Å². The molecule has 2 rings (SSSR count). The number of hydrogen-bond acceptors (Lipinski definition) is 4. The maximum atomic E-state index is 12.2. The summed E-state index contributed by atoms with van der Waals surface area (Å²) in [5, 5.41) is 0. The Kier molecular flexibility index (Phi) is 5.44. The van der Waals surface area contributed by atoms with E-state index in [4.69, 9.17) is 10.6 Å². The lowest BCUT2D eigenvalue weighted by atomic mass is 9.97. The van der Waals surface area contributed by atoms with E-state index in [-0.39, 0.29) is 17.9 Å². The Bertz CT molecular complexity index is 448. The Morgan fingerprint density at radius 3 is 2.81 bits per heavy atom. The van der Waals surface area contributed by atoms with Gasteiger partial charge < -0.3 is 9.47 Å². The Hall–Kier alpha value is -1.31. The molecule has 0 radical (unpaired) electrons. The van der Waals surface area contributed by atoms with E-state index in [9.17, 15) is 13.2 Å². The molecular formula is C14H19F3N2O2. The SMILES string of the molecule is NNC(CC1CCCCO1)c1cccc(OC(F)(F)F)c1. The van der Waals surface area contributed by atoms with Crippen molar-refractivity contribution in [1.82, 2.24) is 5.43 Å². The number of halogens is 3. The molecule has 21 heavy (non-hydrogen) atoms. The van der Waals surface area contributed by atoms with Crippen LogP contribution in [0.3, 0.4) is 0 Å². The van der Waals surface area contributed by atoms with Gasteiger partial charge in [0.25, 0.3) is 0 Å². The Balaban J connectivity index is 2.04. The third-order valence-electron chi connectivity index (χ3n) is 3.47. The van der Waals surface area contributed by atoms with Gasteiger partial charge in [-0.05, 0) is 43.4 Å². The summed E-state index contributed by atoms with van der Waals surface area (Å²) in [7, 11) is 0. The Morgan fingerprint density at radius 1 is 1.38 bits per heavy atom. The highest BCUT2D eigenvalue weighted by Gasteiger charge is 2.31. The van der Waals surface area contributed by atoms with Crippen molar-refractivity contribution in [2.75, 3.05) is 6.61 Å². The van der Waals surface area contributed by atoms with Crippen LogP contribution in [-0.2, 0) is 4.74 Å². The lowest BCUT2D eigenvalue weighted by Gasteiger charge is -2.27. The smallest absolute Gasteiger partial charge is 0.406 e. The van der Waals surface area contributed by atoms with Crippen LogP contribution in [0.2, 0.25) is 0 Å². The molecule has 0 aliphatic carbocycles. The van der Waals surface area contributed by atoms with E-state index in [0.29, 0.717) is 12.0 Å². The fraction of sp³-hybridized carbons (Fsp3) is 0.571. The summed E-state index contributed by atoms with van der Waals surface area (Å²) in [4.78, 5) is 0. The van der Waals surface area contributed by atoms with Crippen LogP contribution in [0.1, 0.15) is 37.3 Å². The molecule has 1 heterocycles. The third kappa shape index (κ3) is 5.18. The average Bonchev–Trinajstić information content (AvgIpc) is 2.44. The van der Waals surface area contributed by atoms with Crippen molar-refractivity contribution in [3.63, 3.8) is 0 Å². The van der Waals surface area contributed by atoms with Crippen molar-refractivity contribution in [1.29, 1.82) is 0 Å². The maximum absolute atomic E-state index is 12.2. The van der Waals surface area contributed by atoms with E-state index in [1.54, 1.807) is 6.07 Å². The zero-order valence-corrected chi connectivity index (χ0v) is 11.5. The summed E-state index contributed by atoms with van der Waals surface area (Å²) in [6.07, 6.45) is -0.919. The normalized spacial score (nSPS) is 21.0. The van der Waals surface area contributed by atoms with Crippen molar-refractivity contribution in [3.8, 4) is 5.75 Å². The quantitative estimate of drug-likeness (QED) is 0.648. The molecule has 1 fully saturated rings. The van der Waals surface area contributed by atoms with Gasteiger partial charge in [0.2, 0.25) is 0 Å². The molecule has 1 aliphatic heterocycles. The second kappa shape index (κ2) is 7.11. The highest BCUT2D eigenvalue weighted by molar-refractivity contribution is 5.30. The van der Waals surface area contributed by atoms with Gasteiger partial charge in [-0.2, -0.15) is 0 Å². The van der Waals surface area contributed by atoms with Crippen LogP contribution in [0.15, 0.2) is 24.3 Å². The molecule has 0 aromatic heterocycles. The van der Waals surface area contributed by atoms with Gasteiger partial charge in [0.05, 0.1) is 6.10 Å². The maximum Gasteiger partial charge on any atom is 0.573 e. The van der Waals surface area contributed by atoms with E-state index < -0.39 is 6.36 Å². The van der Waals surface area contributed by atoms with Crippen molar-refractivity contribution in [3.05, 3.63) is 29.8 Å². The average molecular weight is 304 g/mol. The largest absolute Gasteiger partial charge is 0.573 e. The highest BCUT2D eigenvalue weighted by Crippen LogP contribution is 2.28. The minimum atomic E-state index is -4.70. The molecule has 4 nitrogen and oxygen atoms in total. The number of hydrazine groups is 1. The van der Waals surface area contributed by atoms with E-state index in [2.05, 4.69) is 10.2 Å². The molecule has 1 saturated heterocycles. The van der Waals surface area contributed by atoms with Crippen LogP contribution >= 0.6 is 0 Å². The fourth-order valence-corrected chi connectivity index (χ4v) is 2.48. The molecule has 2 unspecified atom stereocenters.